The monoisotopic (exact) mass is 238 g/mol. The van der Waals surface area contributed by atoms with Crippen molar-refractivity contribution in [1.29, 1.82) is 0 Å². The second-order valence-electron chi connectivity index (χ2n) is 4.28. The first-order valence-corrected chi connectivity index (χ1v) is 5.78. The van der Waals surface area contributed by atoms with Crippen molar-refractivity contribution in [3.8, 4) is 0 Å². The Bertz CT molecular complexity index is 356. The highest BCUT2D eigenvalue weighted by atomic mass is 16.5. The predicted octanol–water partition coefficient (Wildman–Crippen LogP) is 1.29. The van der Waals surface area contributed by atoms with Crippen molar-refractivity contribution in [3.05, 3.63) is 17.6 Å². The van der Waals surface area contributed by atoms with Crippen molar-refractivity contribution in [2.24, 2.45) is 0 Å². The third-order valence-corrected chi connectivity index (χ3v) is 2.71. The van der Waals surface area contributed by atoms with E-state index in [-0.39, 0.29) is 0 Å². The molecule has 1 rings (SSSR count). The van der Waals surface area contributed by atoms with Gasteiger partial charge in [0.1, 0.15) is 11.6 Å². The van der Waals surface area contributed by atoms with Gasteiger partial charge >= 0.3 is 0 Å². The molecule has 5 heteroatoms. The molecule has 0 aromatic carbocycles. The van der Waals surface area contributed by atoms with Crippen LogP contribution in [0.3, 0.4) is 0 Å². The molecule has 1 atom stereocenters. The van der Waals surface area contributed by atoms with Gasteiger partial charge in [0.05, 0.1) is 13.2 Å². The Balaban J connectivity index is 2.70. The van der Waals surface area contributed by atoms with Gasteiger partial charge in [-0.25, -0.2) is 9.97 Å². The van der Waals surface area contributed by atoms with Gasteiger partial charge in [-0.3, -0.25) is 4.90 Å². The second kappa shape index (κ2) is 6.51. The average molecular weight is 238 g/mol. The molecule has 17 heavy (non-hydrogen) atoms. The van der Waals surface area contributed by atoms with Crippen LogP contribution in [0.15, 0.2) is 6.07 Å². The molecule has 0 spiro atoms. The fourth-order valence-corrected chi connectivity index (χ4v) is 1.58. The van der Waals surface area contributed by atoms with E-state index in [1.807, 2.05) is 20.0 Å². The third kappa shape index (κ3) is 4.28. The fourth-order valence-electron chi connectivity index (χ4n) is 1.58. The summed E-state index contributed by atoms with van der Waals surface area (Å²) in [5.41, 5.74) is 0.979. The standard InChI is InChI=1S/C12H22N4O/c1-9-6-11(13-3)15-12(14-9)7-16(4)10(2)8-17-5/h6,10H,7-8H2,1-5H3,(H,13,14,15). The average Bonchev–Trinajstić information content (AvgIpc) is 2.28. The van der Waals surface area contributed by atoms with Crippen LogP contribution in [0.1, 0.15) is 18.4 Å². The maximum absolute atomic E-state index is 5.14. The first-order valence-electron chi connectivity index (χ1n) is 5.78. The maximum atomic E-state index is 5.14. The minimum absolute atomic E-state index is 0.349. The van der Waals surface area contributed by atoms with E-state index in [0.29, 0.717) is 12.6 Å². The Labute approximate surface area is 103 Å². The lowest BCUT2D eigenvalue weighted by atomic mass is 10.3. The first kappa shape index (κ1) is 13.9. The van der Waals surface area contributed by atoms with Crippen LogP contribution in [0, 0.1) is 6.92 Å². The Morgan fingerprint density at radius 2 is 2.18 bits per heavy atom. The molecule has 1 unspecified atom stereocenters. The zero-order valence-electron chi connectivity index (χ0n) is 11.3. The number of methoxy groups -OCH3 is 1. The lowest BCUT2D eigenvalue weighted by molar-refractivity contribution is 0.110. The minimum Gasteiger partial charge on any atom is -0.383 e. The molecular formula is C12H22N4O. The summed E-state index contributed by atoms with van der Waals surface area (Å²) in [6.45, 7) is 5.53. The molecule has 0 aliphatic rings. The summed E-state index contributed by atoms with van der Waals surface area (Å²) in [6, 6.07) is 2.28. The van der Waals surface area contributed by atoms with Crippen molar-refractivity contribution in [1.82, 2.24) is 14.9 Å². The summed E-state index contributed by atoms with van der Waals surface area (Å²) in [4.78, 5) is 11.0. The number of likely N-dealkylation sites (N-methyl/N-ethyl adjacent to an activating group) is 1. The Morgan fingerprint density at radius 3 is 2.76 bits per heavy atom. The van der Waals surface area contributed by atoms with Crippen molar-refractivity contribution >= 4 is 5.82 Å². The summed E-state index contributed by atoms with van der Waals surface area (Å²) >= 11 is 0. The molecule has 1 aromatic rings. The zero-order valence-corrected chi connectivity index (χ0v) is 11.3. The van der Waals surface area contributed by atoms with Gasteiger partial charge in [-0.2, -0.15) is 0 Å². The summed E-state index contributed by atoms with van der Waals surface area (Å²) < 4.78 is 5.14. The number of nitrogens with one attached hydrogen (secondary N) is 1. The summed E-state index contributed by atoms with van der Waals surface area (Å²) in [5, 5.41) is 3.04. The SMILES string of the molecule is CNc1cc(C)nc(CN(C)C(C)COC)n1. The van der Waals surface area contributed by atoms with Gasteiger partial charge in [0.15, 0.2) is 0 Å². The minimum atomic E-state index is 0.349. The van der Waals surface area contributed by atoms with Gasteiger partial charge in [0, 0.05) is 32.0 Å². The number of hydrogen-bond donors (Lipinski definition) is 1. The number of rotatable bonds is 6. The highest BCUT2D eigenvalue weighted by Gasteiger charge is 2.11. The van der Waals surface area contributed by atoms with E-state index in [9.17, 15) is 0 Å². The third-order valence-electron chi connectivity index (χ3n) is 2.71. The molecule has 0 fully saturated rings. The largest absolute Gasteiger partial charge is 0.383 e. The topological polar surface area (TPSA) is 50.3 Å². The van der Waals surface area contributed by atoms with E-state index in [0.717, 1.165) is 23.9 Å². The second-order valence-corrected chi connectivity index (χ2v) is 4.28. The Hall–Kier alpha value is -1.20. The maximum Gasteiger partial charge on any atom is 0.144 e. The van der Waals surface area contributed by atoms with Gasteiger partial charge in [0.25, 0.3) is 0 Å². The normalized spacial score (nSPS) is 12.8. The van der Waals surface area contributed by atoms with Gasteiger partial charge in [-0.05, 0) is 20.9 Å². The number of aromatic nitrogens is 2. The number of ether oxygens (including phenoxy) is 1. The number of nitrogens with zero attached hydrogens (tertiary/aromatic N) is 3. The quantitative estimate of drug-likeness (QED) is 0.809. The molecule has 5 nitrogen and oxygen atoms in total. The summed E-state index contributed by atoms with van der Waals surface area (Å²) in [6.07, 6.45) is 0. The number of anilines is 1. The van der Waals surface area contributed by atoms with Crippen LogP contribution in [0.25, 0.3) is 0 Å². The van der Waals surface area contributed by atoms with Crippen LogP contribution in [-0.4, -0.2) is 48.7 Å². The highest BCUT2D eigenvalue weighted by Crippen LogP contribution is 2.08. The van der Waals surface area contributed by atoms with Crippen molar-refractivity contribution in [3.63, 3.8) is 0 Å². The first-order chi connectivity index (χ1) is 8.06. The van der Waals surface area contributed by atoms with E-state index in [4.69, 9.17) is 4.74 Å². The van der Waals surface area contributed by atoms with Gasteiger partial charge < -0.3 is 10.1 Å². The fraction of sp³-hybridized carbons (Fsp3) is 0.667. The molecule has 96 valence electrons. The van der Waals surface area contributed by atoms with Crippen LogP contribution >= 0.6 is 0 Å². The molecule has 1 heterocycles. The van der Waals surface area contributed by atoms with Crippen LogP contribution in [0.5, 0.6) is 0 Å². The summed E-state index contributed by atoms with van der Waals surface area (Å²) in [7, 11) is 5.63. The molecule has 0 saturated heterocycles. The molecule has 1 N–H and O–H groups in total. The van der Waals surface area contributed by atoms with E-state index >= 15 is 0 Å². The van der Waals surface area contributed by atoms with Crippen LogP contribution < -0.4 is 5.32 Å². The molecule has 0 bridgehead atoms. The lowest BCUT2D eigenvalue weighted by Crippen LogP contribution is -2.32. The Kier molecular flexibility index (Phi) is 5.31. The molecule has 0 saturated carbocycles. The van der Waals surface area contributed by atoms with E-state index in [2.05, 4.69) is 34.2 Å². The molecular weight excluding hydrogens is 216 g/mol. The van der Waals surface area contributed by atoms with Crippen LogP contribution in [0.4, 0.5) is 5.82 Å². The molecule has 0 aliphatic heterocycles. The van der Waals surface area contributed by atoms with Crippen LogP contribution in [0.2, 0.25) is 0 Å². The zero-order chi connectivity index (χ0) is 12.8. The molecule has 1 aromatic heterocycles. The van der Waals surface area contributed by atoms with Crippen molar-refractivity contribution < 1.29 is 4.74 Å². The smallest absolute Gasteiger partial charge is 0.144 e. The molecule has 0 amide bonds. The van der Waals surface area contributed by atoms with Gasteiger partial charge in [-0.1, -0.05) is 0 Å². The van der Waals surface area contributed by atoms with Crippen LogP contribution in [-0.2, 0) is 11.3 Å². The molecule has 0 radical (unpaired) electrons. The molecule has 0 aliphatic carbocycles. The van der Waals surface area contributed by atoms with Crippen molar-refractivity contribution in [2.75, 3.05) is 33.1 Å². The summed E-state index contributed by atoms with van der Waals surface area (Å²) in [5.74, 6) is 1.69. The number of hydrogen-bond acceptors (Lipinski definition) is 5. The predicted molar refractivity (Wildman–Crippen MR) is 69.1 cm³/mol. The van der Waals surface area contributed by atoms with Gasteiger partial charge in [0.2, 0.25) is 0 Å². The van der Waals surface area contributed by atoms with E-state index in [1.54, 1.807) is 7.11 Å². The van der Waals surface area contributed by atoms with E-state index in [1.165, 1.54) is 0 Å². The van der Waals surface area contributed by atoms with Crippen molar-refractivity contribution in [2.45, 2.75) is 26.4 Å². The van der Waals surface area contributed by atoms with Gasteiger partial charge in [-0.15, -0.1) is 0 Å². The number of aryl methyl sites for hydroxylation is 1. The Morgan fingerprint density at radius 1 is 1.47 bits per heavy atom. The highest BCUT2D eigenvalue weighted by molar-refractivity contribution is 5.34. The lowest BCUT2D eigenvalue weighted by Gasteiger charge is -2.23. The van der Waals surface area contributed by atoms with E-state index < -0.39 is 0 Å².